The van der Waals surface area contributed by atoms with Gasteiger partial charge in [-0.25, -0.2) is 0 Å². The van der Waals surface area contributed by atoms with Crippen LogP contribution in [-0.4, -0.2) is 17.3 Å². The molecule has 17 heavy (non-hydrogen) atoms. The van der Waals surface area contributed by atoms with Gasteiger partial charge in [0.1, 0.15) is 0 Å². The van der Waals surface area contributed by atoms with Gasteiger partial charge in [0, 0.05) is 12.1 Å². The lowest BCUT2D eigenvalue weighted by Gasteiger charge is -2.09. The summed E-state index contributed by atoms with van der Waals surface area (Å²) < 4.78 is 4.95. The van der Waals surface area contributed by atoms with Gasteiger partial charge in [0.05, 0.1) is 12.8 Å². The van der Waals surface area contributed by atoms with Crippen molar-refractivity contribution in [1.82, 2.24) is 10.2 Å². The number of rotatable bonds is 5. The third-order valence-electron chi connectivity index (χ3n) is 2.57. The summed E-state index contributed by atoms with van der Waals surface area (Å²) in [6.45, 7) is 0. The SMILES string of the molecule is COc1ccc(C(N)CCc2ccsc2)nn1. The first kappa shape index (κ1) is 12.0. The van der Waals surface area contributed by atoms with E-state index in [1.54, 1.807) is 24.5 Å². The van der Waals surface area contributed by atoms with Gasteiger partial charge < -0.3 is 10.5 Å². The van der Waals surface area contributed by atoms with Crippen LogP contribution in [0.5, 0.6) is 5.88 Å². The molecule has 2 heterocycles. The third kappa shape index (κ3) is 3.25. The van der Waals surface area contributed by atoms with Crippen molar-refractivity contribution in [3.8, 4) is 5.88 Å². The molecule has 0 aliphatic rings. The Kier molecular flexibility index (Phi) is 4.06. The second-order valence-corrected chi connectivity index (χ2v) is 4.56. The molecule has 1 unspecified atom stereocenters. The molecule has 2 aromatic rings. The number of nitrogens with two attached hydrogens (primary N) is 1. The van der Waals surface area contributed by atoms with E-state index in [1.165, 1.54) is 5.56 Å². The fourth-order valence-corrected chi connectivity index (χ4v) is 2.25. The average Bonchev–Trinajstić information content (AvgIpc) is 2.89. The molecule has 5 heteroatoms. The number of aromatic nitrogens is 2. The maximum Gasteiger partial charge on any atom is 0.233 e. The molecule has 0 aromatic carbocycles. The van der Waals surface area contributed by atoms with Gasteiger partial charge in [0.15, 0.2) is 0 Å². The minimum absolute atomic E-state index is 0.0756. The van der Waals surface area contributed by atoms with Crippen LogP contribution in [0.25, 0.3) is 0 Å². The monoisotopic (exact) mass is 249 g/mol. The molecule has 0 aliphatic heterocycles. The van der Waals surface area contributed by atoms with E-state index in [-0.39, 0.29) is 6.04 Å². The third-order valence-corrected chi connectivity index (χ3v) is 3.31. The van der Waals surface area contributed by atoms with Crippen molar-refractivity contribution in [2.75, 3.05) is 7.11 Å². The number of nitrogens with zero attached hydrogens (tertiary/aromatic N) is 2. The number of hydrogen-bond donors (Lipinski definition) is 1. The van der Waals surface area contributed by atoms with Gasteiger partial charge in [-0.05, 0) is 41.3 Å². The molecule has 0 saturated carbocycles. The molecular weight excluding hydrogens is 234 g/mol. The number of methoxy groups -OCH3 is 1. The summed E-state index contributed by atoms with van der Waals surface area (Å²) in [5, 5.41) is 12.2. The van der Waals surface area contributed by atoms with Gasteiger partial charge in [-0.15, -0.1) is 5.10 Å². The molecular formula is C12H15N3OS. The van der Waals surface area contributed by atoms with Gasteiger partial charge >= 0.3 is 0 Å². The maximum atomic E-state index is 6.06. The summed E-state index contributed by atoms with van der Waals surface area (Å²) in [5.41, 5.74) is 8.20. The fourth-order valence-electron chi connectivity index (χ4n) is 1.54. The minimum atomic E-state index is -0.0756. The fraction of sp³-hybridized carbons (Fsp3) is 0.333. The normalized spacial score (nSPS) is 12.4. The summed E-state index contributed by atoms with van der Waals surface area (Å²) in [6.07, 6.45) is 1.84. The quantitative estimate of drug-likeness (QED) is 0.882. The number of aryl methyl sites for hydroxylation is 1. The van der Waals surface area contributed by atoms with E-state index in [4.69, 9.17) is 10.5 Å². The van der Waals surface area contributed by atoms with E-state index >= 15 is 0 Å². The summed E-state index contributed by atoms with van der Waals surface area (Å²) >= 11 is 1.71. The highest BCUT2D eigenvalue weighted by atomic mass is 32.1. The van der Waals surface area contributed by atoms with Crippen molar-refractivity contribution in [3.05, 3.63) is 40.2 Å². The Morgan fingerprint density at radius 1 is 1.35 bits per heavy atom. The molecule has 0 aliphatic carbocycles. The minimum Gasteiger partial charge on any atom is -0.480 e. The van der Waals surface area contributed by atoms with Gasteiger partial charge in [-0.1, -0.05) is 0 Å². The first-order valence-electron chi connectivity index (χ1n) is 5.44. The summed E-state index contributed by atoms with van der Waals surface area (Å²) in [6, 6.07) is 5.70. The maximum absolute atomic E-state index is 6.06. The molecule has 90 valence electrons. The summed E-state index contributed by atoms with van der Waals surface area (Å²) in [5.74, 6) is 0.513. The first-order chi connectivity index (χ1) is 8.29. The molecule has 2 N–H and O–H groups in total. The molecule has 2 rings (SSSR count). The number of hydrogen-bond acceptors (Lipinski definition) is 5. The highest BCUT2D eigenvalue weighted by molar-refractivity contribution is 7.07. The summed E-state index contributed by atoms with van der Waals surface area (Å²) in [7, 11) is 1.57. The Morgan fingerprint density at radius 2 is 2.24 bits per heavy atom. The molecule has 0 amide bonds. The zero-order valence-electron chi connectivity index (χ0n) is 9.67. The van der Waals surface area contributed by atoms with Crippen LogP contribution in [0.15, 0.2) is 29.0 Å². The van der Waals surface area contributed by atoms with Crippen LogP contribution in [0.2, 0.25) is 0 Å². The van der Waals surface area contributed by atoms with Gasteiger partial charge in [0.25, 0.3) is 0 Å². The molecule has 1 atom stereocenters. The molecule has 0 spiro atoms. The van der Waals surface area contributed by atoms with E-state index in [9.17, 15) is 0 Å². The van der Waals surface area contributed by atoms with Crippen LogP contribution in [-0.2, 0) is 6.42 Å². The predicted octanol–water partition coefficient (Wildman–Crippen LogP) is 2.18. The Labute approximate surface area is 104 Å². The molecule has 0 radical (unpaired) electrons. The van der Waals surface area contributed by atoms with Crippen LogP contribution in [0.4, 0.5) is 0 Å². The van der Waals surface area contributed by atoms with Crippen LogP contribution < -0.4 is 10.5 Å². The predicted molar refractivity (Wildman–Crippen MR) is 68.2 cm³/mol. The first-order valence-corrected chi connectivity index (χ1v) is 6.38. The Bertz CT molecular complexity index is 441. The lowest BCUT2D eigenvalue weighted by atomic mass is 10.1. The van der Waals surface area contributed by atoms with E-state index < -0.39 is 0 Å². The Morgan fingerprint density at radius 3 is 2.82 bits per heavy atom. The van der Waals surface area contributed by atoms with Crippen molar-refractivity contribution >= 4 is 11.3 Å². The van der Waals surface area contributed by atoms with Gasteiger partial charge in [-0.2, -0.15) is 16.4 Å². The highest BCUT2D eigenvalue weighted by Crippen LogP contribution is 2.17. The largest absolute Gasteiger partial charge is 0.480 e. The van der Waals surface area contributed by atoms with Crippen LogP contribution in [0.1, 0.15) is 23.7 Å². The van der Waals surface area contributed by atoms with Crippen molar-refractivity contribution in [3.63, 3.8) is 0 Å². The Balaban J connectivity index is 1.92. The second kappa shape index (κ2) is 5.75. The van der Waals surface area contributed by atoms with Crippen molar-refractivity contribution < 1.29 is 4.74 Å². The summed E-state index contributed by atoms with van der Waals surface area (Å²) in [4.78, 5) is 0. The zero-order valence-corrected chi connectivity index (χ0v) is 10.5. The average molecular weight is 249 g/mol. The van der Waals surface area contributed by atoms with Crippen molar-refractivity contribution in [2.24, 2.45) is 5.73 Å². The standard InChI is InChI=1S/C12H15N3OS/c1-16-12-5-4-11(14-15-12)10(13)3-2-9-6-7-17-8-9/h4-8,10H,2-3,13H2,1H3. The lowest BCUT2D eigenvalue weighted by molar-refractivity contribution is 0.390. The van der Waals surface area contributed by atoms with Gasteiger partial charge in [0.2, 0.25) is 5.88 Å². The van der Waals surface area contributed by atoms with Crippen LogP contribution in [0, 0.1) is 0 Å². The highest BCUT2D eigenvalue weighted by Gasteiger charge is 2.09. The van der Waals surface area contributed by atoms with Crippen LogP contribution in [0.3, 0.4) is 0 Å². The molecule has 0 saturated heterocycles. The van der Waals surface area contributed by atoms with Gasteiger partial charge in [-0.3, -0.25) is 0 Å². The van der Waals surface area contributed by atoms with E-state index in [1.807, 2.05) is 6.07 Å². The number of ether oxygens (including phenoxy) is 1. The molecule has 4 nitrogen and oxygen atoms in total. The number of thiophene rings is 1. The second-order valence-electron chi connectivity index (χ2n) is 3.78. The van der Waals surface area contributed by atoms with E-state index in [2.05, 4.69) is 27.0 Å². The van der Waals surface area contributed by atoms with Crippen molar-refractivity contribution in [1.29, 1.82) is 0 Å². The van der Waals surface area contributed by atoms with E-state index in [0.717, 1.165) is 18.5 Å². The Hall–Kier alpha value is -1.46. The molecule has 0 bridgehead atoms. The lowest BCUT2D eigenvalue weighted by Crippen LogP contribution is -2.13. The van der Waals surface area contributed by atoms with Crippen LogP contribution >= 0.6 is 11.3 Å². The zero-order chi connectivity index (χ0) is 12.1. The topological polar surface area (TPSA) is 61.0 Å². The van der Waals surface area contributed by atoms with E-state index in [0.29, 0.717) is 5.88 Å². The molecule has 0 fully saturated rings. The van der Waals surface area contributed by atoms with Crippen molar-refractivity contribution in [2.45, 2.75) is 18.9 Å². The smallest absolute Gasteiger partial charge is 0.233 e. The molecule has 2 aromatic heterocycles.